The third-order valence-corrected chi connectivity index (χ3v) is 16.9. The van der Waals surface area contributed by atoms with Gasteiger partial charge in [0.15, 0.2) is 5.82 Å². The molecule has 0 aliphatic rings. The number of rotatable bonds is 12. The molecule has 0 aromatic carbocycles. The van der Waals surface area contributed by atoms with Gasteiger partial charge in [-0.25, -0.2) is 60.6 Å². The Morgan fingerprint density at radius 2 is 0.732 bits per heavy atom. The van der Waals surface area contributed by atoms with E-state index < -0.39 is 53.3 Å². The lowest BCUT2D eigenvalue weighted by Gasteiger charge is -2.05. The summed E-state index contributed by atoms with van der Waals surface area (Å²) in [7, 11) is 0. The van der Waals surface area contributed by atoms with Gasteiger partial charge in [-0.1, -0.05) is 184 Å². The lowest BCUT2D eigenvalue weighted by atomic mass is 10.0. The Labute approximate surface area is 716 Å². The highest BCUT2D eigenvalue weighted by Gasteiger charge is 2.15. The average Bonchev–Trinajstić information content (AvgIpc) is 0.856. The highest BCUT2D eigenvalue weighted by atomic mass is 19.2. The summed E-state index contributed by atoms with van der Waals surface area (Å²) in [5.41, 5.74) is 8.33. The molecular weight excluding hydrogens is 1610 g/mol. The van der Waals surface area contributed by atoms with Crippen LogP contribution in [0.4, 0.5) is 65.9 Å². The quantitative estimate of drug-likeness (QED) is 0.0844. The second-order valence-corrected chi connectivity index (χ2v) is 31.0. The van der Waals surface area contributed by atoms with Gasteiger partial charge >= 0.3 is 0 Å². The van der Waals surface area contributed by atoms with Crippen LogP contribution in [0.2, 0.25) is 0 Å². The number of hydrogen-bond acceptors (Lipinski definition) is 12. The molecule has 0 spiro atoms. The molecule has 12 nitrogen and oxygen atoms in total. The number of hydrogen-bond donors (Lipinski definition) is 0. The van der Waals surface area contributed by atoms with Crippen molar-refractivity contribution in [3.63, 3.8) is 0 Å². The summed E-state index contributed by atoms with van der Waals surface area (Å²) >= 11 is 0. The molecule has 0 saturated heterocycles. The Kier molecular flexibility index (Phi) is 52.4. The number of aromatic nitrogens is 12. The van der Waals surface area contributed by atoms with Gasteiger partial charge < -0.3 is 0 Å². The first-order valence-electron chi connectivity index (χ1n) is 40.1. The molecule has 0 amide bonds. The molecule has 0 N–H and O–H groups in total. The zero-order valence-corrected chi connectivity index (χ0v) is 74.5. The SMILES string of the molecule is CC(C)c1c(F)ccnc1F.CC(C)c1cc(F)ccn1.CC(C)c1cc(F)nc(F)c1.CC(C)c1ccc(F)nc1.CC(C)c1cccc(F)n1.CC(C)c1cccnc1F.CC(C)c1ccnc(F)c1.CC(C)c1ccnc(F)c1F.CC(C)c1ccncc1F.CC(C)c1cncc(F)c1.CC(C)c1cnccc1F.CC(C)c1ncccc1F. The van der Waals surface area contributed by atoms with Crippen LogP contribution in [0.1, 0.15) is 304 Å². The van der Waals surface area contributed by atoms with Crippen molar-refractivity contribution in [3.8, 4) is 0 Å². The molecule has 0 atom stereocenters. The topological polar surface area (TPSA) is 155 Å². The minimum atomic E-state index is -1.02. The van der Waals surface area contributed by atoms with Gasteiger partial charge in [0.25, 0.3) is 0 Å². The van der Waals surface area contributed by atoms with Gasteiger partial charge in [-0.2, -0.15) is 40.1 Å². The van der Waals surface area contributed by atoms with Gasteiger partial charge in [-0.3, -0.25) is 24.9 Å². The van der Waals surface area contributed by atoms with Crippen molar-refractivity contribution < 1.29 is 65.9 Å². The molecule has 666 valence electrons. The van der Waals surface area contributed by atoms with Crippen molar-refractivity contribution in [1.29, 1.82) is 0 Å². The molecule has 12 aromatic rings. The highest BCUT2D eigenvalue weighted by Crippen LogP contribution is 2.24. The molecule has 0 fully saturated rings. The van der Waals surface area contributed by atoms with Crippen LogP contribution in [0, 0.1) is 88.3 Å². The summed E-state index contributed by atoms with van der Waals surface area (Å²) in [5.74, 6) is -4.65. The van der Waals surface area contributed by atoms with Gasteiger partial charge in [0.2, 0.25) is 47.6 Å². The molecule has 12 aromatic heterocycles. The van der Waals surface area contributed by atoms with Crippen molar-refractivity contribution in [2.75, 3.05) is 0 Å². The van der Waals surface area contributed by atoms with Gasteiger partial charge in [-0.05, 0) is 208 Å². The van der Waals surface area contributed by atoms with Gasteiger partial charge in [0.05, 0.1) is 18.1 Å². The fraction of sp³-hybridized carbons (Fsp3) is 0.375. The van der Waals surface area contributed by atoms with Crippen LogP contribution in [0.5, 0.6) is 0 Å². The van der Waals surface area contributed by atoms with Crippen molar-refractivity contribution in [2.45, 2.75) is 237 Å². The zero-order chi connectivity index (χ0) is 93.3. The highest BCUT2D eigenvalue weighted by molar-refractivity contribution is 5.22. The molecule has 27 heteroatoms. The van der Waals surface area contributed by atoms with Crippen LogP contribution < -0.4 is 0 Å². The summed E-state index contributed by atoms with van der Waals surface area (Å²) < 4.78 is 189. The Bertz CT molecular complexity index is 4500. The Balaban J connectivity index is 0.000000671. The molecule has 12 heterocycles. The average molecular weight is 1720 g/mol. The maximum absolute atomic E-state index is 12.8. The van der Waals surface area contributed by atoms with E-state index in [1.165, 1.54) is 116 Å². The third kappa shape index (κ3) is 44.9. The van der Waals surface area contributed by atoms with Crippen molar-refractivity contribution >= 4 is 0 Å². The first-order valence-corrected chi connectivity index (χ1v) is 40.1. The summed E-state index contributed by atoms with van der Waals surface area (Å²) in [6, 6.07) is 30.4. The fourth-order valence-electron chi connectivity index (χ4n) is 9.69. The number of nitrogens with zero attached hydrogens (tertiary/aromatic N) is 12. The molecule has 0 bridgehead atoms. The normalized spacial score (nSPS) is 10.5. The number of pyridine rings is 12. The maximum atomic E-state index is 12.8. The third-order valence-electron chi connectivity index (χ3n) is 16.9. The maximum Gasteiger partial charge on any atom is 0.249 e. The van der Waals surface area contributed by atoms with E-state index in [9.17, 15) is 65.9 Å². The first-order chi connectivity index (χ1) is 57.7. The minimum Gasteiger partial charge on any atom is -0.264 e. The predicted molar refractivity (Wildman–Crippen MR) is 459 cm³/mol. The van der Waals surface area contributed by atoms with Gasteiger partial charge in [0.1, 0.15) is 34.9 Å². The van der Waals surface area contributed by atoms with Crippen molar-refractivity contribution in [1.82, 2.24) is 59.8 Å². The van der Waals surface area contributed by atoms with E-state index in [1.807, 2.05) is 137 Å². The van der Waals surface area contributed by atoms with E-state index in [0.29, 0.717) is 57.5 Å². The largest absolute Gasteiger partial charge is 0.264 e. The van der Waals surface area contributed by atoms with E-state index in [-0.39, 0.29) is 82.0 Å². The number of halogens is 15. The van der Waals surface area contributed by atoms with E-state index in [4.69, 9.17) is 0 Å². The van der Waals surface area contributed by atoms with Crippen LogP contribution in [-0.4, -0.2) is 59.8 Å². The van der Waals surface area contributed by atoms with E-state index in [2.05, 4.69) is 73.7 Å². The molecule has 0 unspecified atom stereocenters. The second kappa shape index (κ2) is 58.7. The predicted octanol–water partition coefficient (Wildman–Crippen LogP) is 28.5. The monoisotopic (exact) mass is 1720 g/mol. The molecule has 12 rings (SSSR count). The summed E-state index contributed by atoms with van der Waals surface area (Å²) in [4.78, 5) is 42.9. The van der Waals surface area contributed by atoms with Gasteiger partial charge in [0, 0.05) is 96.2 Å². The van der Waals surface area contributed by atoms with Crippen LogP contribution in [0.15, 0.2) is 202 Å². The van der Waals surface area contributed by atoms with Gasteiger partial charge in [-0.15, -0.1) is 0 Å². The zero-order valence-electron chi connectivity index (χ0n) is 74.5. The molecule has 0 aliphatic heterocycles. The molecule has 0 aliphatic carbocycles. The molecule has 0 saturated carbocycles. The van der Waals surface area contributed by atoms with Crippen molar-refractivity contribution in [2.24, 2.45) is 0 Å². The lowest BCUT2D eigenvalue weighted by molar-refractivity contribution is 0.466. The Morgan fingerprint density at radius 1 is 0.220 bits per heavy atom. The second-order valence-electron chi connectivity index (χ2n) is 31.0. The van der Waals surface area contributed by atoms with E-state index in [0.717, 1.165) is 39.8 Å². The van der Waals surface area contributed by atoms with Crippen LogP contribution in [-0.2, 0) is 0 Å². The summed E-state index contributed by atoms with van der Waals surface area (Å²) in [6.07, 6.45) is 18.8. The standard InChI is InChI=1S/3C8H9F2N.9C8H10FN/c1-5(2)6-3-7(9)11-8(10)4-6;1-5(2)7-6(9)3-4-11-8(7)10;1-5(2)6-3-4-11-8(10)7(6)9;1-6(2)7-3-8(9)5-10-4-7;1-6(2)7-5-10-4-3-8(7)9;1-6(2)7-3-4-10-5-8(7)9;1-6(2)8-5-7(9)3-4-10-8;1-6(2)7-3-4-10-8(9)5-7;1-6(2)7-3-4-8(9)10-5-7;1-6(2)8-7(9)4-3-5-10-8;1-6(2)7-4-3-5-10-8(7)9;1-6(2)7-4-3-5-8(9)10-7/h3*3-5H,1-2H3;9*3-6H,1-2H3. The molecule has 123 heavy (non-hydrogen) atoms. The smallest absolute Gasteiger partial charge is 0.249 e. The molecule has 0 radical (unpaired) electrons. The molecular formula is C96H117F15N12. The summed E-state index contributed by atoms with van der Waals surface area (Å²) in [6.45, 7) is 46.5. The van der Waals surface area contributed by atoms with E-state index in [1.54, 1.807) is 95.1 Å². The minimum absolute atomic E-state index is 0.00694. The fourth-order valence-corrected chi connectivity index (χ4v) is 9.69. The van der Waals surface area contributed by atoms with Crippen LogP contribution in [0.3, 0.4) is 0 Å². The Morgan fingerprint density at radius 3 is 1.13 bits per heavy atom. The Hall–Kier alpha value is -11.3. The van der Waals surface area contributed by atoms with Crippen LogP contribution in [0.25, 0.3) is 0 Å². The van der Waals surface area contributed by atoms with Crippen LogP contribution >= 0.6 is 0 Å². The lowest BCUT2D eigenvalue weighted by Crippen LogP contribution is -1.99. The summed E-state index contributed by atoms with van der Waals surface area (Å²) in [5, 5.41) is 0. The first kappa shape index (κ1) is 110. The van der Waals surface area contributed by atoms with E-state index >= 15 is 0 Å². The van der Waals surface area contributed by atoms with Crippen molar-refractivity contribution in [3.05, 3.63) is 357 Å².